The van der Waals surface area contributed by atoms with Crippen LogP contribution in [0.15, 0.2) is 29.5 Å². The Kier molecular flexibility index (Phi) is 4.90. The van der Waals surface area contributed by atoms with E-state index in [1.54, 1.807) is 25.1 Å². The van der Waals surface area contributed by atoms with Crippen LogP contribution in [0.25, 0.3) is 0 Å². The van der Waals surface area contributed by atoms with E-state index in [4.69, 9.17) is 49.0 Å². The van der Waals surface area contributed by atoms with Gasteiger partial charge >= 0.3 is 12.0 Å². The molecule has 10 heteroatoms. The first kappa shape index (κ1) is 18.0. The van der Waals surface area contributed by atoms with Crippen LogP contribution in [0.3, 0.4) is 0 Å². The molecule has 0 radical (unpaired) electrons. The van der Waals surface area contributed by atoms with Crippen molar-refractivity contribution in [1.29, 1.82) is 0 Å². The molecule has 0 bridgehead atoms. The van der Waals surface area contributed by atoms with Crippen LogP contribution in [0.1, 0.15) is 18.5 Å². The second kappa shape index (κ2) is 6.82. The number of ether oxygens (including phenoxy) is 3. The molecule has 2 amide bonds. The molecule has 0 saturated carbocycles. The summed E-state index contributed by atoms with van der Waals surface area (Å²) in [4.78, 5) is 24.3. The number of esters is 1. The van der Waals surface area contributed by atoms with Crippen molar-refractivity contribution < 1.29 is 23.8 Å². The average molecular weight is 408 g/mol. The molecule has 2 heterocycles. The lowest BCUT2D eigenvalue weighted by Crippen LogP contribution is -2.45. The Bertz CT molecular complexity index is 760. The molecule has 0 fully saturated rings. The first-order valence-corrected chi connectivity index (χ1v) is 8.30. The lowest BCUT2D eigenvalue weighted by molar-refractivity contribution is -0.139. The van der Waals surface area contributed by atoms with Gasteiger partial charge in [0.15, 0.2) is 11.5 Å². The minimum Gasteiger partial charge on any atom is -0.458 e. The minimum atomic E-state index is -1.73. The number of amides is 2. The highest BCUT2D eigenvalue weighted by atomic mass is 35.6. The summed E-state index contributed by atoms with van der Waals surface area (Å²) in [6.45, 7) is 1.28. The van der Waals surface area contributed by atoms with Crippen LogP contribution in [0.2, 0.25) is 0 Å². The topological polar surface area (TPSA) is 85.9 Å². The van der Waals surface area contributed by atoms with Crippen molar-refractivity contribution in [2.45, 2.75) is 16.8 Å². The van der Waals surface area contributed by atoms with Gasteiger partial charge in [-0.1, -0.05) is 40.9 Å². The normalized spacial score (nSPS) is 19.4. The summed E-state index contributed by atoms with van der Waals surface area (Å²) in [6, 6.07) is 3.92. The van der Waals surface area contributed by atoms with E-state index in [9.17, 15) is 9.59 Å². The second-order valence-corrected chi connectivity index (χ2v) is 7.89. The molecule has 134 valence electrons. The lowest BCUT2D eigenvalue weighted by Gasteiger charge is -2.28. The maximum atomic E-state index is 12.5. The standard InChI is InChI=1S/C15H13Cl3N2O5/c1-7-11(13(21)23-5-15(16,17)18)12(20-14(22)19-7)8-2-3-9-10(4-8)25-6-24-9/h2-4,12H,5-6H2,1H3,(H2,19,20,22)/t12-/m0/s1. The summed E-state index contributed by atoms with van der Waals surface area (Å²) in [5.41, 5.74) is 1.17. The van der Waals surface area contributed by atoms with Crippen LogP contribution in [0.4, 0.5) is 4.79 Å². The van der Waals surface area contributed by atoms with Crippen LogP contribution >= 0.6 is 34.8 Å². The molecule has 25 heavy (non-hydrogen) atoms. The predicted molar refractivity (Wildman–Crippen MR) is 90.9 cm³/mol. The van der Waals surface area contributed by atoms with Gasteiger partial charge in [-0.05, 0) is 24.6 Å². The number of halogens is 3. The first-order chi connectivity index (χ1) is 11.7. The molecule has 0 spiro atoms. The molecular formula is C15H13Cl3N2O5. The number of urea groups is 1. The molecule has 1 aromatic carbocycles. The summed E-state index contributed by atoms with van der Waals surface area (Å²) >= 11 is 16.8. The van der Waals surface area contributed by atoms with Crippen LogP contribution in [0, 0.1) is 0 Å². The summed E-state index contributed by atoms with van der Waals surface area (Å²) in [5, 5.41) is 5.21. The van der Waals surface area contributed by atoms with Crippen molar-refractivity contribution in [2.24, 2.45) is 0 Å². The highest BCUT2D eigenvalue weighted by molar-refractivity contribution is 6.67. The van der Waals surface area contributed by atoms with E-state index in [1.807, 2.05) is 0 Å². The van der Waals surface area contributed by atoms with E-state index in [-0.39, 0.29) is 12.4 Å². The number of alkyl halides is 3. The Labute approximate surface area is 158 Å². The van der Waals surface area contributed by atoms with Gasteiger partial charge in [-0.2, -0.15) is 0 Å². The van der Waals surface area contributed by atoms with Crippen LogP contribution < -0.4 is 20.1 Å². The highest BCUT2D eigenvalue weighted by Crippen LogP contribution is 2.37. The summed E-state index contributed by atoms with van der Waals surface area (Å²) in [7, 11) is 0. The lowest BCUT2D eigenvalue weighted by atomic mass is 9.95. The summed E-state index contributed by atoms with van der Waals surface area (Å²) in [5.74, 6) is 0.404. The number of rotatable bonds is 3. The summed E-state index contributed by atoms with van der Waals surface area (Å²) in [6.07, 6.45) is 0. The van der Waals surface area contributed by atoms with E-state index < -0.39 is 28.4 Å². The fraction of sp³-hybridized carbons (Fsp3) is 0.333. The molecule has 3 rings (SSSR count). The number of nitrogens with one attached hydrogen (secondary N) is 2. The molecule has 0 unspecified atom stereocenters. The fourth-order valence-corrected chi connectivity index (χ4v) is 2.70. The Morgan fingerprint density at radius 3 is 2.76 bits per heavy atom. The third-order valence-electron chi connectivity index (χ3n) is 3.59. The van der Waals surface area contributed by atoms with E-state index in [1.165, 1.54) is 0 Å². The van der Waals surface area contributed by atoms with Crippen molar-refractivity contribution in [3.05, 3.63) is 35.0 Å². The number of carbonyl (C=O) groups excluding carboxylic acids is 2. The van der Waals surface area contributed by atoms with Gasteiger partial charge in [-0.15, -0.1) is 0 Å². The Morgan fingerprint density at radius 2 is 2.04 bits per heavy atom. The number of hydrogen-bond acceptors (Lipinski definition) is 5. The van der Waals surface area contributed by atoms with Gasteiger partial charge in [-0.3, -0.25) is 0 Å². The van der Waals surface area contributed by atoms with E-state index in [2.05, 4.69) is 10.6 Å². The minimum absolute atomic E-state index is 0.115. The largest absolute Gasteiger partial charge is 0.458 e. The number of hydrogen-bond donors (Lipinski definition) is 2. The van der Waals surface area contributed by atoms with Crippen molar-refractivity contribution in [2.75, 3.05) is 13.4 Å². The maximum absolute atomic E-state index is 12.5. The number of benzene rings is 1. The van der Waals surface area contributed by atoms with Crippen LogP contribution in [-0.4, -0.2) is 29.2 Å². The van der Waals surface area contributed by atoms with E-state index in [0.717, 1.165) is 0 Å². The van der Waals surface area contributed by atoms with Gasteiger partial charge in [0.25, 0.3) is 0 Å². The van der Waals surface area contributed by atoms with Crippen LogP contribution in [-0.2, 0) is 9.53 Å². The Morgan fingerprint density at radius 1 is 1.32 bits per heavy atom. The average Bonchev–Trinajstić information content (AvgIpc) is 2.98. The molecule has 0 aromatic heterocycles. The quantitative estimate of drug-likeness (QED) is 0.594. The molecule has 0 saturated heterocycles. The molecule has 2 aliphatic heterocycles. The van der Waals surface area contributed by atoms with Crippen LogP contribution in [0.5, 0.6) is 11.5 Å². The number of allylic oxidation sites excluding steroid dienone is 1. The third-order valence-corrected chi connectivity index (χ3v) is 3.91. The Balaban J connectivity index is 1.91. The van der Waals surface area contributed by atoms with Crippen molar-refractivity contribution in [1.82, 2.24) is 10.6 Å². The molecule has 1 aromatic rings. The highest BCUT2D eigenvalue weighted by Gasteiger charge is 2.34. The fourth-order valence-electron chi connectivity index (χ4n) is 2.53. The van der Waals surface area contributed by atoms with Gasteiger partial charge in [0.1, 0.15) is 6.61 Å². The zero-order chi connectivity index (χ0) is 18.2. The van der Waals surface area contributed by atoms with E-state index in [0.29, 0.717) is 22.8 Å². The number of fused-ring (bicyclic) bond motifs is 1. The van der Waals surface area contributed by atoms with Gasteiger partial charge in [-0.25, -0.2) is 9.59 Å². The third kappa shape index (κ3) is 4.05. The maximum Gasteiger partial charge on any atom is 0.338 e. The number of carbonyl (C=O) groups is 2. The van der Waals surface area contributed by atoms with Gasteiger partial charge in [0.2, 0.25) is 10.6 Å². The van der Waals surface area contributed by atoms with Gasteiger partial charge in [0, 0.05) is 5.70 Å². The first-order valence-electron chi connectivity index (χ1n) is 7.16. The van der Waals surface area contributed by atoms with Gasteiger partial charge < -0.3 is 24.8 Å². The Hall–Kier alpha value is -1.83. The van der Waals surface area contributed by atoms with Crippen molar-refractivity contribution >= 4 is 46.8 Å². The summed E-state index contributed by atoms with van der Waals surface area (Å²) < 4.78 is 13.9. The molecule has 1 atom stereocenters. The molecular weight excluding hydrogens is 395 g/mol. The molecule has 2 N–H and O–H groups in total. The smallest absolute Gasteiger partial charge is 0.338 e. The SMILES string of the molecule is CC1=C(C(=O)OCC(Cl)(Cl)Cl)[C@H](c2ccc3c(c2)OCO3)NC(=O)N1. The molecule has 0 aliphatic carbocycles. The van der Waals surface area contributed by atoms with Crippen molar-refractivity contribution in [3.63, 3.8) is 0 Å². The van der Waals surface area contributed by atoms with Gasteiger partial charge in [0.05, 0.1) is 11.6 Å². The monoisotopic (exact) mass is 406 g/mol. The molecule has 2 aliphatic rings. The molecule has 7 nitrogen and oxygen atoms in total. The zero-order valence-corrected chi connectivity index (χ0v) is 15.2. The van der Waals surface area contributed by atoms with E-state index >= 15 is 0 Å². The zero-order valence-electron chi connectivity index (χ0n) is 12.9. The predicted octanol–water partition coefficient (Wildman–Crippen LogP) is 2.96. The second-order valence-electron chi connectivity index (χ2n) is 5.37. The van der Waals surface area contributed by atoms with Crippen molar-refractivity contribution in [3.8, 4) is 11.5 Å².